The van der Waals surface area contributed by atoms with E-state index in [0.29, 0.717) is 5.69 Å². The van der Waals surface area contributed by atoms with Gasteiger partial charge in [-0.15, -0.1) is 0 Å². The molecule has 0 saturated carbocycles. The van der Waals surface area contributed by atoms with Crippen LogP contribution in [0.25, 0.3) is 10.9 Å². The fraction of sp³-hybridized carbons (Fsp3) is 0.211. The Morgan fingerprint density at radius 1 is 1.11 bits per heavy atom. The molecule has 144 valence electrons. The van der Waals surface area contributed by atoms with Gasteiger partial charge in [0.1, 0.15) is 0 Å². The molecular formula is C19H18N4O5. The van der Waals surface area contributed by atoms with E-state index in [9.17, 15) is 25.0 Å². The van der Waals surface area contributed by atoms with Crippen LogP contribution in [-0.2, 0) is 6.54 Å². The van der Waals surface area contributed by atoms with Crippen LogP contribution >= 0.6 is 0 Å². The molecule has 9 nitrogen and oxygen atoms in total. The summed E-state index contributed by atoms with van der Waals surface area (Å²) in [4.78, 5) is 33.4. The van der Waals surface area contributed by atoms with Crippen LogP contribution in [0.1, 0.15) is 29.3 Å². The van der Waals surface area contributed by atoms with Crippen molar-refractivity contribution in [2.75, 3.05) is 5.32 Å². The molecule has 3 rings (SSSR count). The highest BCUT2D eigenvalue weighted by Crippen LogP contribution is 2.29. The van der Waals surface area contributed by atoms with Crippen LogP contribution < -0.4 is 5.32 Å². The molecule has 0 aliphatic heterocycles. The number of benzene rings is 2. The second-order valence-electron chi connectivity index (χ2n) is 6.39. The smallest absolute Gasteiger partial charge is 0.279 e. The number of hydrogen-bond donors (Lipinski definition) is 1. The largest absolute Gasteiger partial charge is 0.347 e. The van der Waals surface area contributed by atoms with E-state index in [1.54, 1.807) is 12.1 Å². The first kappa shape index (κ1) is 19.0. The highest BCUT2D eigenvalue weighted by Gasteiger charge is 2.24. The predicted octanol–water partition coefficient (Wildman–Crippen LogP) is 4.43. The highest BCUT2D eigenvalue weighted by molar-refractivity contribution is 6.07. The first-order chi connectivity index (χ1) is 13.3. The second-order valence-corrected chi connectivity index (χ2v) is 6.39. The number of aryl methyl sites for hydroxylation is 1. The van der Waals surface area contributed by atoms with Gasteiger partial charge in [0.2, 0.25) is 0 Å². The van der Waals surface area contributed by atoms with Gasteiger partial charge in [-0.3, -0.25) is 25.0 Å². The summed E-state index contributed by atoms with van der Waals surface area (Å²) in [6.07, 6.45) is 2.96. The molecule has 0 aliphatic carbocycles. The Morgan fingerprint density at radius 3 is 2.50 bits per heavy atom. The zero-order chi connectivity index (χ0) is 20.4. The van der Waals surface area contributed by atoms with Crippen molar-refractivity contribution >= 4 is 33.9 Å². The summed E-state index contributed by atoms with van der Waals surface area (Å²) in [5.41, 5.74) is 0.524. The molecule has 9 heteroatoms. The number of fused-ring (bicyclic) bond motifs is 1. The van der Waals surface area contributed by atoms with Crippen molar-refractivity contribution < 1.29 is 14.6 Å². The minimum Gasteiger partial charge on any atom is -0.347 e. The van der Waals surface area contributed by atoms with E-state index >= 15 is 0 Å². The van der Waals surface area contributed by atoms with Crippen LogP contribution in [0.4, 0.5) is 17.1 Å². The lowest BCUT2D eigenvalue weighted by molar-refractivity contribution is -0.394. The van der Waals surface area contributed by atoms with E-state index < -0.39 is 27.1 Å². The Hall–Kier alpha value is -3.75. The van der Waals surface area contributed by atoms with Crippen molar-refractivity contribution in [1.82, 2.24) is 4.57 Å². The third kappa shape index (κ3) is 3.54. The lowest BCUT2D eigenvalue weighted by Crippen LogP contribution is -2.14. The summed E-state index contributed by atoms with van der Waals surface area (Å²) >= 11 is 0. The van der Waals surface area contributed by atoms with Gasteiger partial charge in [0.15, 0.2) is 0 Å². The van der Waals surface area contributed by atoms with Gasteiger partial charge in [-0.2, -0.15) is 0 Å². The van der Waals surface area contributed by atoms with Crippen molar-refractivity contribution in [3.8, 4) is 0 Å². The standard InChI is InChI=1S/C19H18N4O5/c1-3-7-21-8-6-13-9-14(4-5-17(13)21)20-19(24)16-10-15(22(25)26)11-18(12(16)2)23(27)28/h4-6,8-11H,3,7H2,1-2H3,(H,20,24). The first-order valence-electron chi connectivity index (χ1n) is 8.65. The Morgan fingerprint density at radius 2 is 1.86 bits per heavy atom. The molecule has 1 aromatic heterocycles. The quantitative estimate of drug-likeness (QED) is 0.499. The van der Waals surface area contributed by atoms with Crippen LogP contribution in [0, 0.1) is 27.2 Å². The summed E-state index contributed by atoms with van der Waals surface area (Å²) in [6.45, 7) is 4.36. The van der Waals surface area contributed by atoms with Gasteiger partial charge >= 0.3 is 0 Å². The Kier molecular flexibility index (Phi) is 5.08. The number of rotatable bonds is 6. The molecule has 3 aromatic rings. The number of amides is 1. The maximum atomic E-state index is 12.7. The molecule has 2 aromatic carbocycles. The van der Waals surface area contributed by atoms with Crippen LogP contribution in [0.3, 0.4) is 0 Å². The molecule has 28 heavy (non-hydrogen) atoms. The van der Waals surface area contributed by atoms with Crippen molar-refractivity contribution in [2.45, 2.75) is 26.8 Å². The van der Waals surface area contributed by atoms with Gasteiger partial charge in [-0.05, 0) is 37.6 Å². The van der Waals surface area contributed by atoms with E-state index in [1.165, 1.54) is 6.92 Å². The maximum absolute atomic E-state index is 12.7. The first-order valence-corrected chi connectivity index (χ1v) is 8.65. The summed E-state index contributed by atoms with van der Waals surface area (Å²) in [7, 11) is 0. The molecule has 1 heterocycles. The molecule has 0 unspecified atom stereocenters. The molecular weight excluding hydrogens is 364 g/mol. The SMILES string of the molecule is CCCn1ccc2cc(NC(=O)c3cc([N+](=O)[O-])cc([N+](=O)[O-])c3C)ccc21. The van der Waals surface area contributed by atoms with Crippen molar-refractivity contribution in [1.29, 1.82) is 0 Å². The predicted molar refractivity (Wildman–Crippen MR) is 105 cm³/mol. The summed E-state index contributed by atoms with van der Waals surface area (Å²) in [6, 6.07) is 9.24. The third-order valence-electron chi connectivity index (χ3n) is 4.51. The van der Waals surface area contributed by atoms with Crippen molar-refractivity contribution in [3.63, 3.8) is 0 Å². The maximum Gasteiger partial charge on any atom is 0.279 e. The van der Waals surface area contributed by atoms with Gasteiger partial charge in [-0.25, -0.2) is 0 Å². The lowest BCUT2D eigenvalue weighted by Gasteiger charge is -2.09. The van der Waals surface area contributed by atoms with Crippen LogP contribution in [-0.4, -0.2) is 20.3 Å². The monoisotopic (exact) mass is 382 g/mol. The highest BCUT2D eigenvalue weighted by atomic mass is 16.6. The Labute approximate surface area is 159 Å². The molecule has 0 saturated heterocycles. The molecule has 0 fully saturated rings. The topological polar surface area (TPSA) is 120 Å². The van der Waals surface area contributed by atoms with E-state index in [1.807, 2.05) is 18.3 Å². The van der Waals surface area contributed by atoms with Crippen LogP contribution in [0.2, 0.25) is 0 Å². The van der Waals surface area contributed by atoms with Gasteiger partial charge < -0.3 is 9.88 Å². The average molecular weight is 382 g/mol. The number of hydrogen-bond acceptors (Lipinski definition) is 5. The summed E-state index contributed by atoms with van der Waals surface area (Å²) < 4.78 is 2.11. The zero-order valence-corrected chi connectivity index (χ0v) is 15.3. The second kappa shape index (κ2) is 7.47. The molecule has 0 atom stereocenters. The van der Waals surface area contributed by atoms with Crippen LogP contribution in [0.15, 0.2) is 42.6 Å². The summed E-state index contributed by atoms with van der Waals surface area (Å²) in [5, 5.41) is 25.9. The molecule has 0 aliphatic rings. The molecule has 1 N–H and O–H groups in total. The number of aromatic nitrogens is 1. The Bertz CT molecular complexity index is 1100. The number of nitrogens with one attached hydrogen (secondary N) is 1. The normalized spacial score (nSPS) is 10.8. The Balaban J connectivity index is 1.95. The minimum atomic E-state index is -0.758. The van der Waals surface area contributed by atoms with Gasteiger partial charge in [0, 0.05) is 41.0 Å². The van der Waals surface area contributed by atoms with E-state index in [0.717, 1.165) is 36.0 Å². The molecule has 0 spiro atoms. The van der Waals surface area contributed by atoms with E-state index in [4.69, 9.17) is 0 Å². The number of nitro benzene ring substituents is 2. The van der Waals surface area contributed by atoms with Gasteiger partial charge in [0.25, 0.3) is 17.3 Å². The fourth-order valence-electron chi connectivity index (χ4n) is 3.13. The van der Waals surface area contributed by atoms with E-state index in [-0.39, 0.29) is 11.1 Å². The lowest BCUT2D eigenvalue weighted by atomic mass is 10.0. The average Bonchev–Trinajstić information content (AvgIpc) is 3.04. The molecule has 0 bridgehead atoms. The number of nitro groups is 2. The number of nitrogens with zero attached hydrogens (tertiary/aromatic N) is 3. The van der Waals surface area contributed by atoms with E-state index in [2.05, 4.69) is 16.8 Å². The number of carbonyl (C=O) groups is 1. The van der Waals surface area contributed by atoms with Gasteiger partial charge in [0.05, 0.1) is 21.5 Å². The van der Waals surface area contributed by atoms with Crippen LogP contribution in [0.5, 0.6) is 0 Å². The number of carbonyl (C=O) groups excluding carboxylic acids is 1. The molecule has 0 radical (unpaired) electrons. The fourth-order valence-corrected chi connectivity index (χ4v) is 3.13. The minimum absolute atomic E-state index is 0.0725. The molecule has 1 amide bonds. The summed E-state index contributed by atoms with van der Waals surface area (Å²) in [5.74, 6) is -0.642. The van der Waals surface area contributed by atoms with Crippen molar-refractivity contribution in [2.24, 2.45) is 0 Å². The van der Waals surface area contributed by atoms with Gasteiger partial charge in [-0.1, -0.05) is 6.92 Å². The third-order valence-corrected chi connectivity index (χ3v) is 4.51. The number of anilines is 1. The zero-order valence-electron chi connectivity index (χ0n) is 15.3. The van der Waals surface area contributed by atoms with Crippen molar-refractivity contribution in [3.05, 3.63) is 74.0 Å². The number of non-ortho nitro benzene ring substituents is 1.